The van der Waals surface area contributed by atoms with Gasteiger partial charge in [-0.2, -0.15) is 0 Å². The molecule has 0 spiro atoms. The van der Waals surface area contributed by atoms with Crippen molar-refractivity contribution in [1.29, 1.82) is 0 Å². The summed E-state index contributed by atoms with van der Waals surface area (Å²) >= 11 is 0. The topological polar surface area (TPSA) is 38.8 Å². The largest absolute Gasteiger partial charge is 0.497 e. The molecule has 0 aliphatic rings. The van der Waals surface area contributed by atoms with Gasteiger partial charge < -0.3 is 14.4 Å². The number of hydrogen-bond acceptors (Lipinski definition) is 4. The molecule has 0 atom stereocenters. The first-order valence-electron chi connectivity index (χ1n) is 9.19. The Balaban J connectivity index is 1.90. The van der Waals surface area contributed by atoms with Crippen molar-refractivity contribution in [2.45, 2.75) is 20.0 Å². The van der Waals surface area contributed by atoms with Gasteiger partial charge in [-0.3, -0.25) is 4.79 Å². The van der Waals surface area contributed by atoms with Gasteiger partial charge >= 0.3 is 0 Å². The second kappa shape index (κ2) is 9.09. The summed E-state index contributed by atoms with van der Waals surface area (Å²) in [6, 6.07) is 22.1. The molecule has 0 aliphatic carbocycles. The third-order valence-electron chi connectivity index (χ3n) is 4.82. The Morgan fingerprint density at radius 1 is 0.786 bits per heavy atom. The lowest BCUT2D eigenvalue weighted by Crippen LogP contribution is -2.22. The molecule has 0 aromatic heterocycles. The summed E-state index contributed by atoms with van der Waals surface area (Å²) in [7, 11) is 3.33. The van der Waals surface area contributed by atoms with Crippen LogP contribution < -0.4 is 14.4 Å². The first kappa shape index (κ1) is 19.5. The van der Waals surface area contributed by atoms with Crippen LogP contribution in [0.1, 0.15) is 27.0 Å². The Morgan fingerprint density at radius 3 is 1.71 bits per heavy atom. The van der Waals surface area contributed by atoms with Gasteiger partial charge in [0.25, 0.3) is 0 Å². The van der Waals surface area contributed by atoms with Crippen LogP contribution in [0.2, 0.25) is 0 Å². The predicted molar refractivity (Wildman–Crippen MR) is 112 cm³/mol. The molecule has 0 N–H and O–H groups in total. The van der Waals surface area contributed by atoms with Gasteiger partial charge in [0.05, 0.1) is 14.2 Å². The van der Waals surface area contributed by atoms with Gasteiger partial charge in [0.15, 0.2) is 0 Å². The highest BCUT2D eigenvalue weighted by Crippen LogP contribution is 2.24. The number of carbonyl (C=O) groups excluding carboxylic acids is 1. The van der Waals surface area contributed by atoms with E-state index in [-0.39, 0.29) is 0 Å². The molecule has 0 amide bonds. The fraction of sp³-hybridized carbons (Fsp3) is 0.208. The van der Waals surface area contributed by atoms with Crippen molar-refractivity contribution in [3.63, 3.8) is 0 Å². The summed E-state index contributed by atoms with van der Waals surface area (Å²) in [5, 5.41) is 0. The van der Waals surface area contributed by atoms with E-state index in [2.05, 4.69) is 35.2 Å². The number of aldehydes is 1. The number of methoxy groups -OCH3 is 2. The van der Waals surface area contributed by atoms with Crippen molar-refractivity contribution in [2.75, 3.05) is 19.1 Å². The number of nitrogens with zero attached hydrogens (tertiary/aromatic N) is 1. The molecule has 28 heavy (non-hydrogen) atoms. The monoisotopic (exact) mass is 375 g/mol. The van der Waals surface area contributed by atoms with Gasteiger partial charge in [-0.15, -0.1) is 0 Å². The number of hydrogen-bond donors (Lipinski definition) is 0. The summed E-state index contributed by atoms with van der Waals surface area (Å²) < 4.78 is 10.5. The van der Waals surface area contributed by atoms with Crippen molar-refractivity contribution in [2.24, 2.45) is 0 Å². The van der Waals surface area contributed by atoms with E-state index in [1.54, 1.807) is 14.2 Å². The average molecular weight is 375 g/mol. The predicted octanol–water partition coefficient (Wildman–Crippen LogP) is 5.03. The molecular weight excluding hydrogens is 350 g/mol. The van der Waals surface area contributed by atoms with E-state index in [1.807, 2.05) is 43.3 Å². The molecule has 0 bridgehead atoms. The molecular formula is C24H25NO3. The molecule has 144 valence electrons. The van der Waals surface area contributed by atoms with Crippen LogP contribution in [0, 0.1) is 6.92 Å². The Bertz CT molecular complexity index is 868. The molecule has 0 radical (unpaired) electrons. The molecule has 3 aromatic rings. The fourth-order valence-electron chi connectivity index (χ4n) is 3.09. The number of carbonyl (C=O) groups is 1. The maximum atomic E-state index is 11.4. The third-order valence-corrected chi connectivity index (χ3v) is 4.82. The molecule has 0 saturated carbocycles. The molecule has 4 nitrogen and oxygen atoms in total. The van der Waals surface area contributed by atoms with Crippen LogP contribution in [0.3, 0.4) is 0 Å². The Morgan fingerprint density at radius 2 is 1.29 bits per heavy atom. The van der Waals surface area contributed by atoms with Gasteiger partial charge in [-0.05, 0) is 60.0 Å². The zero-order chi connectivity index (χ0) is 19.9. The maximum Gasteiger partial charge on any atom is 0.150 e. The second-order valence-electron chi connectivity index (χ2n) is 6.71. The maximum absolute atomic E-state index is 11.4. The van der Waals surface area contributed by atoms with E-state index in [9.17, 15) is 4.79 Å². The molecule has 3 rings (SSSR count). The van der Waals surface area contributed by atoms with Crippen LogP contribution in [0.15, 0.2) is 66.7 Å². The summed E-state index contributed by atoms with van der Waals surface area (Å²) in [6.07, 6.45) is 0.914. The molecule has 0 heterocycles. The second-order valence-corrected chi connectivity index (χ2v) is 6.71. The lowest BCUT2D eigenvalue weighted by Gasteiger charge is -2.26. The first-order chi connectivity index (χ1) is 13.6. The van der Waals surface area contributed by atoms with Crippen LogP contribution in [0.5, 0.6) is 11.5 Å². The van der Waals surface area contributed by atoms with Crippen molar-refractivity contribution >= 4 is 12.0 Å². The average Bonchev–Trinajstić information content (AvgIpc) is 2.74. The van der Waals surface area contributed by atoms with E-state index in [4.69, 9.17) is 9.47 Å². The summed E-state index contributed by atoms with van der Waals surface area (Å²) in [6.45, 7) is 3.39. The van der Waals surface area contributed by atoms with Crippen LogP contribution in [-0.4, -0.2) is 20.5 Å². The Labute approximate surface area is 166 Å². The highest BCUT2D eigenvalue weighted by molar-refractivity contribution is 5.79. The molecule has 0 fully saturated rings. The standard InChI is InChI=1S/C24H25NO3/c1-18-4-9-22(14-21(18)17-26)25(15-19-5-10-23(27-2)11-6-19)16-20-7-12-24(28-3)13-8-20/h4-14,17H,15-16H2,1-3H3. The summed E-state index contributed by atoms with van der Waals surface area (Å²) in [5.74, 6) is 1.67. The van der Waals surface area contributed by atoms with Gasteiger partial charge in [0.1, 0.15) is 17.8 Å². The van der Waals surface area contributed by atoms with Gasteiger partial charge in [-0.25, -0.2) is 0 Å². The van der Waals surface area contributed by atoms with Crippen LogP contribution >= 0.6 is 0 Å². The first-order valence-corrected chi connectivity index (χ1v) is 9.19. The lowest BCUT2D eigenvalue weighted by molar-refractivity contribution is 0.112. The quantitative estimate of drug-likeness (QED) is 0.518. The molecule has 0 aliphatic heterocycles. The smallest absolute Gasteiger partial charge is 0.150 e. The highest BCUT2D eigenvalue weighted by Gasteiger charge is 2.11. The lowest BCUT2D eigenvalue weighted by atomic mass is 10.1. The normalized spacial score (nSPS) is 10.4. The van der Waals surface area contributed by atoms with Gasteiger partial charge in [0.2, 0.25) is 0 Å². The minimum absolute atomic E-state index is 0.715. The number of anilines is 1. The van der Waals surface area contributed by atoms with E-state index in [0.29, 0.717) is 5.56 Å². The fourth-order valence-corrected chi connectivity index (χ4v) is 3.09. The van der Waals surface area contributed by atoms with Crippen molar-refractivity contribution in [1.82, 2.24) is 0 Å². The third kappa shape index (κ3) is 4.71. The van der Waals surface area contributed by atoms with Crippen molar-refractivity contribution in [3.05, 3.63) is 89.0 Å². The minimum Gasteiger partial charge on any atom is -0.497 e. The van der Waals surface area contributed by atoms with E-state index >= 15 is 0 Å². The SMILES string of the molecule is COc1ccc(CN(Cc2ccc(OC)cc2)c2ccc(C)c(C=O)c2)cc1. The van der Waals surface area contributed by atoms with E-state index < -0.39 is 0 Å². The van der Waals surface area contributed by atoms with E-state index in [0.717, 1.165) is 42.1 Å². The Hall–Kier alpha value is -3.27. The van der Waals surface area contributed by atoms with Gasteiger partial charge in [-0.1, -0.05) is 30.3 Å². The number of aryl methyl sites for hydroxylation is 1. The van der Waals surface area contributed by atoms with E-state index in [1.165, 1.54) is 11.1 Å². The molecule has 0 unspecified atom stereocenters. The zero-order valence-electron chi connectivity index (χ0n) is 16.5. The molecule has 4 heteroatoms. The highest BCUT2D eigenvalue weighted by atomic mass is 16.5. The van der Waals surface area contributed by atoms with Crippen molar-refractivity contribution < 1.29 is 14.3 Å². The summed E-state index contributed by atoms with van der Waals surface area (Å²) in [5.41, 5.74) is 5.05. The molecule has 0 saturated heterocycles. The Kier molecular flexibility index (Phi) is 6.33. The van der Waals surface area contributed by atoms with Crippen LogP contribution in [-0.2, 0) is 13.1 Å². The van der Waals surface area contributed by atoms with Crippen LogP contribution in [0.25, 0.3) is 0 Å². The van der Waals surface area contributed by atoms with Gasteiger partial charge in [0, 0.05) is 24.3 Å². The number of ether oxygens (including phenoxy) is 2. The zero-order valence-corrected chi connectivity index (χ0v) is 16.5. The number of benzene rings is 3. The van der Waals surface area contributed by atoms with Crippen LogP contribution in [0.4, 0.5) is 5.69 Å². The number of rotatable bonds is 8. The van der Waals surface area contributed by atoms with Crippen molar-refractivity contribution in [3.8, 4) is 11.5 Å². The summed E-state index contributed by atoms with van der Waals surface area (Å²) in [4.78, 5) is 13.7. The minimum atomic E-state index is 0.715. The molecule has 3 aromatic carbocycles.